The monoisotopic (exact) mass is 268 g/mol. The zero-order valence-corrected chi connectivity index (χ0v) is 10.8. The lowest BCUT2D eigenvalue weighted by molar-refractivity contribution is 0.0636. The number of carbonyl (C=O) groups excluding carboxylic acids is 1. The fourth-order valence-electron chi connectivity index (χ4n) is 0.727. The Hall–Kier alpha value is -0.520. The molecule has 0 saturated heterocycles. The molecule has 0 radical (unpaired) electrons. The third-order valence-corrected chi connectivity index (χ3v) is 2.81. The molecular weight excluding hydrogens is 259 g/mol. The van der Waals surface area contributed by atoms with Crippen molar-refractivity contribution < 1.29 is 9.53 Å². The minimum atomic E-state index is -0.579. The lowest BCUT2D eigenvalue weighted by Crippen LogP contribution is -2.27. The van der Waals surface area contributed by atoms with Crippen LogP contribution in [-0.2, 0) is 4.74 Å². The molecule has 0 saturated carbocycles. The van der Waals surface area contributed by atoms with Crippen LogP contribution in [0.25, 0.3) is 0 Å². The van der Waals surface area contributed by atoms with Crippen LogP contribution in [0.4, 0.5) is 9.93 Å². The van der Waals surface area contributed by atoms with Crippen LogP contribution >= 0.6 is 34.5 Å². The highest BCUT2D eigenvalue weighted by Crippen LogP contribution is 2.31. The largest absolute Gasteiger partial charge is 0.444 e. The second-order valence-electron chi connectivity index (χ2n) is 3.71. The number of anilines is 1. The first kappa shape index (κ1) is 12.5. The van der Waals surface area contributed by atoms with E-state index in [2.05, 4.69) is 10.3 Å². The van der Waals surface area contributed by atoms with Crippen LogP contribution < -0.4 is 5.32 Å². The maximum atomic E-state index is 11.3. The highest BCUT2D eigenvalue weighted by Gasteiger charge is 2.17. The number of ether oxygens (including phenoxy) is 1. The number of hydrogen-bond acceptors (Lipinski definition) is 4. The summed E-state index contributed by atoms with van der Waals surface area (Å²) in [6.45, 7) is 5.32. The molecule has 0 spiro atoms. The molecule has 0 unspecified atom stereocenters. The predicted octanol–water partition coefficient (Wildman–Crippen LogP) is 3.80. The SMILES string of the molecule is CC(C)(C)OC(=O)Nc1nc(Cl)c(Cl)s1. The summed E-state index contributed by atoms with van der Waals surface area (Å²) in [6.07, 6.45) is -0.579. The van der Waals surface area contributed by atoms with Crippen LogP contribution in [0, 0.1) is 0 Å². The third-order valence-electron chi connectivity index (χ3n) is 1.16. The van der Waals surface area contributed by atoms with Crippen molar-refractivity contribution >= 4 is 45.8 Å². The van der Waals surface area contributed by atoms with Gasteiger partial charge in [-0.15, -0.1) is 0 Å². The second-order valence-corrected chi connectivity index (χ2v) is 5.67. The molecule has 15 heavy (non-hydrogen) atoms. The molecule has 0 aliphatic heterocycles. The third kappa shape index (κ3) is 4.24. The van der Waals surface area contributed by atoms with Gasteiger partial charge in [0.25, 0.3) is 0 Å². The van der Waals surface area contributed by atoms with Crippen LogP contribution in [-0.4, -0.2) is 16.7 Å². The first-order valence-corrected chi connectivity index (χ1v) is 5.67. The van der Waals surface area contributed by atoms with Gasteiger partial charge < -0.3 is 4.74 Å². The fraction of sp³-hybridized carbons (Fsp3) is 0.500. The summed E-state index contributed by atoms with van der Waals surface area (Å²) in [5, 5.41) is 2.93. The molecule has 0 aliphatic carbocycles. The topological polar surface area (TPSA) is 51.2 Å². The Bertz CT molecular complexity index is 354. The average molecular weight is 269 g/mol. The molecular formula is C8H10Cl2N2O2S. The molecule has 84 valence electrons. The van der Waals surface area contributed by atoms with Crippen molar-refractivity contribution in [2.75, 3.05) is 5.32 Å². The van der Waals surface area contributed by atoms with Gasteiger partial charge in [-0.1, -0.05) is 34.5 Å². The van der Waals surface area contributed by atoms with Crippen molar-refractivity contribution in [1.82, 2.24) is 4.98 Å². The van der Waals surface area contributed by atoms with E-state index in [1.54, 1.807) is 20.8 Å². The van der Waals surface area contributed by atoms with E-state index in [0.717, 1.165) is 11.3 Å². The lowest BCUT2D eigenvalue weighted by Gasteiger charge is -2.18. The average Bonchev–Trinajstić information content (AvgIpc) is 2.26. The Labute approximate surface area is 102 Å². The van der Waals surface area contributed by atoms with Gasteiger partial charge in [0.15, 0.2) is 10.3 Å². The molecule has 7 heteroatoms. The number of nitrogens with zero attached hydrogens (tertiary/aromatic N) is 1. The molecule has 0 bridgehead atoms. The molecule has 1 rings (SSSR count). The molecule has 0 fully saturated rings. The summed E-state index contributed by atoms with van der Waals surface area (Å²) in [6, 6.07) is 0. The van der Waals surface area contributed by atoms with E-state index in [9.17, 15) is 4.79 Å². The number of nitrogens with one attached hydrogen (secondary N) is 1. The quantitative estimate of drug-likeness (QED) is 0.843. The Morgan fingerprint density at radius 3 is 2.47 bits per heavy atom. The Kier molecular flexibility index (Phi) is 3.81. The Morgan fingerprint density at radius 2 is 2.07 bits per heavy atom. The summed E-state index contributed by atoms with van der Waals surface area (Å²) < 4.78 is 5.36. The van der Waals surface area contributed by atoms with Crippen LogP contribution in [0.5, 0.6) is 0 Å². The van der Waals surface area contributed by atoms with Crippen LogP contribution in [0.3, 0.4) is 0 Å². The van der Waals surface area contributed by atoms with E-state index < -0.39 is 11.7 Å². The van der Waals surface area contributed by atoms with Gasteiger partial charge in [-0.3, -0.25) is 5.32 Å². The standard InChI is InChI=1S/C8H10Cl2N2O2S/c1-8(2,3)14-7(13)12-6-11-4(9)5(10)15-6/h1-3H3,(H,11,12,13). The zero-order valence-electron chi connectivity index (χ0n) is 8.43. The molecule has 0 aliphatic rings. The molecule has 1 aromatic heterocycles. The van der Waals surface area contributed by atoms with Crippen molar-refractivity contribution in [1.29, 1.82) is 0 Å². The van der Waals surface area contributed by atoms with Gasteiger partial charge in [-0.25, -0.2) is 9.78 Å². The van der Waals surface area contributed by atoms with Crippen molar-refractivity contribution in [2.45, 2.75) is 26.4 Å². The molecule has 1 aromatic rings. The van der Waals surface area contributed by atoms with Crippen LogP contribution in [0.1, 0.15) is 20.8 Å². The second kappa shape index (κ2) is 4.55. The lowest BCUT2D eigenvalue weighted by atomic mass is 10.2. The van der Waals surface area contributed by atoms with E-state index in [4.69, 9.17) is 27.9 Å². The predicted molar refractivity (Wildman–Crippen MR) is 62.0 cm³/mol. The molecule has 0 aromatic carbocycles. The van der Waals surface area contributed by atoms with Gasteiger partial charge in [0.2, 0.25) is 0 Å². The number of halogens is 2. The summed E-state index contributed by atoms with van der Waals surface area (Å²) in [5.41, 5.74) is -0.547. The van der Waals surface area contributed by atoms with Crippen molar-refractivity contribution in [3.8, 4) is 0 Å². The van der Waals surface area contributed by atoms with Crippen molar-refractivity contribution in [3.05, 3.63) is 9.49 Å². The van der Waals surface area contributed by atoms with Crippen molar-refractivity contribution in [3.63, 3.8) is 0 Å². The maximum absolute atomic E-state index is 11.3. The minimum Gasteiger partial charge on any atom is -0.444 e. The van der Waals surface area contributed by atoms with Gasteiger partial charge in [-0.2, -0.15) is 0 Å². The highest BCUT2D eigenvalue weighted by molar-refractivity contribution is 7.20. The highest BCUT2D eigenvalue weighted by atomic mass is 35.5. The molecule has 0 atom stereocenters. The van der Waals surface area contributed by atoms with Gasteiger partial charge in [-0.05, 0) is 20.8 Å². The fourth-order valence-corrected chi connectivity index (χ4v) is 1.81. The first-order chi connectivity index (χ1) is 6.78. The summed E-state index contributed by atoms with van der Waals surface area (Å²) >= 11 is 12.4. The van der Waals surface area contributed by atoms with Gasteiger partial charge in [0.05, 0.1) is 0 Å². The Morgan fingerprint density at radius 1 is 1.47 bits per heavy atom. The van der Waals surface area contributed by atoms with Crippen molar-refractivity contribution in [2.24, 2.45) is 0 Å². The van der Waals surface area contributed by atoms with Gasteiger partial charge in [0.1, 0.15) is 9.94 Å². The number of aromatic nitrogens is 1. The number of amides is 1. The van der Waals surface area contributed by atoms with E-state index in [-0.39, 0.29) is 5.15 Å². The number of thiazole rings is 1. The maximum Gasteiger partial charge on any atom is 0.413 e. The number of hydrogen-bond donors (Lipinski definition) is 1. The smallest absolute Gasteiger partial charge is 0.413 e. The summed E-state index contributed by atoms with van der Waals surface area (Å²) in [4.78, 5) is 15.1. The molecule has 1 heterocycles. The minimum absolute atomic E-state index is 0.174. The van der Waals surface area contributed by atoms with Gasteiger partial charge >= 0.3 is 6.09 Å². The van der Waals surface area contributed by atoms with Gasteiger partial charge in [0, 0.05) is 0 Å². The first-order valence-electron chi connectivity index (χ1n) is 4.10. The van der Waals surface area contributed by atoms with E-state index in [0.29, 0.717) is 9.47 Å². The zero-order chi connectivity index (χ0) is 11.6. The van der Waals surface area contributed by atoms with E-state index >= 15 is 0 Å². The summed E-state index contributed by atoms with van der Waals surface area (Å²) in [5.74, 6) is 0. The number of rotatable bonds is 1. The van der Waals surface area contributed by atoms with E-state index in [1.807, 2.05) is 0 Å². The molecule has 4 nitrogen and oxygen atoms in total. The number of carbonyl (C=O) groups is 1. The Balaban J connectivity index is 2.59. The van der Waals surface area contributed by atoms with Crippen LogP contribution in [0.2, 0.25) is 9.49 Å². The summed E-state index contributed by atoms with van der Waals surface area (Å²) in [7, 11) is 0. The normalized spacial score (nSPS) is 11.3. The molecule has 1 N–H and O–H groups in total. The molecule has 1 amide bonds. The van der Waals surface area contributed by atoms with E-state index in [1.165, 1.54) is 0 Å². The van der Waals surface area contributed by atoms with Crippen LogP contribution in [0.15, 0.2) is 0 Å².